The molecule has 0 aromatic carbocycles. The summed E-state index contributed by atoms with van der Waals surface area (Å²) in [6, 6.07) is 0.305. The molecule has 0 bridgehead atoms. The molecule has 0 spiro atoms. The van der Waals surface area contributed by atoms with E-state index in [9.17, 15) is 4.79 Å². The Hall–Kier alpha value is -0.610. The minimum absolute atomic E-state index is 0.0294. The van der Waals surface area contributed by atoms with E-state index in [4.69, 9.17) is 0 Å². The van der Waals surface area contributed by atoms with Crippen molar-refractivity contribution in [3.8, 4) is 0 Å². The molecule has 0 radical (unpaired) electrons. The van der Waals surface area contributed by atoms with E-state index in [1.165, 1.54) is 19.4 Å². The smallest absolute Gasteiger partial charge is 0.237 e. The summed E-state index contributed by atoms with van der Waals surface area (Å²) in [6.07, 6.45) is 4.61. The molecule has 2 fully saturated rings. The molecule has 0 aromatic heterocycles. The van der Waals surface area contributed by atoms with Gasteiger partial charge in [0.05, 0.1) is 6.04 Å². The third-order valence-electron chi connectivity index (χ3n) is 4.69. The normalized spacial score (nSPS) is 31.9. The van der Waals surface area contributed by atoms with Crippen molar-refractivity contribution in [2.45, 2.75) is 58.5 Å². The summed E-state index contributed by atoms with van der Waals surface area (Å²) >= 11 is 0. The van der Waals surface area contributed by atoms with Crippen LogP contribution in [0.2, 0.25) is 0 Å². The summed E-state index contributed by atoms with van der Waals surface area (Å²) in [7, 11) is 0. The average Bonchev–Trinajstić information content (AvgIpc) is 2.38. The lowest BCUT2D eigenvalue weighted by Gasteiger charge is -2.40. The number of rotatable bonds is 3. The quantitative estimate of drug-likeness (QED) is 0.811. The Bertz CT molecular complexity index is 317. The van der Waals surface area contributed by atoms with E-state index in [2.05, 4.69) is 36.3 Å². The van der Waals surface area contributed by atoms with E-state index in [0.717, 1.165) is 32.5 Å². The number of likely N-dealkylation sites (N-methyl/N-ethyl adjacent to an activating group) is 1. The predicted octanol–water partition coefficient (Wildman–Crippen LogP) is 1.37. The van der Waals surface area contributed by atoms with Crippen molar-refractivity contribution in [3.63, 3.8) is 0 Å². The van der Waals surface area contributed by atoms with Gasteiger partial charge in [0, 0.05) is 12.6 Å². The number of piperidine rings is 2. The summed E-state index contributed by atoms with van der Waals surface area (Å²) in [5.41, 5.74) is 0.0709. The zero-order valence-corrected chi connectivity index (χ0v) is 12.7. The Morgan fingerprint density at radius 2 is 2.21 bits per heavy atom. The number of amides is 1. The van der Waals surface area contributed by atoms with Crippen molar-refractivity contribution in [2.75, 3.05) is 26.2 Å². The Morgan fingerprint density at radius 1 is 1.42 bits per heavy atom. The predicted molar refractivity (Wildman–Crippen MR) is 78.1 cm³/mol. The SMILES string of the molecule is CCN1CCCC(NC(=O)C2NCCCC2(C)C)C1. The first-order chi connectivity index (χ1) is 9.03. The number of nitrogens with one attached hydrogen (secondary N) is 2. The van der Waals surface area contributed by atoms with Crippen molar-refractivity contribution < 1.29 is 4.79 Å². The Labute approximate surface area is 117 Å². The van der Waals surface area contributed by atoms with Crippen molar-refractivity contribution in [1.29, 1.82) is 0 Å². The monoisotopic (exact) mass is 267 g/mol. The lowest BCUT2D eigenvalue weighted by molar-refractivity contribution is -0.127. The molecule has 2 atom stereocenters. The molecule has 2 aliphatic rings. The number of hydrogen-bond acceptors (Lipinski definition) is 3. The van der Waals surface area contributed by atoms with Gasteiger partial charge in [-0.2, -0.15) is 0 Å². The number of carbonyl (C=O) groups is 1. The van der Waals surface area contributed by atoms with Crippen molar-refractivity contribution in [3.05, 3.63) is 0 Å². The second-order valence-electron chi connectivity index (χ2n) is 6.72. The third kappa shape index (κ3) is 3.69. The fourth-order valence-electron chi connectivity index (χ4n) is 3.40. The number of nitrogens with zero attached hydrogens (tertiary/aromatic N) is 1. The molecule has 4 nitrogen and oxygen atoms in total. The molecule has 2 unspecified atom stereocenters. The highest BCUT2D eigenvalue weighted by atomic mass is 16.2. The largest absolute Gasteiger partial charge is 0.351 e. The summed E-state index contributed by atoms with van der Waals surface area (Å²) in [5.74, 6) is 0.202. The summed E-state index contributed by atoms with van der Waals surface area (Å²) in [4.78, 5) is 14.9. The van der Waals surface area contributed by atoms with E-state index in [1.54, 1.807) is 0 Å². The maximum Gasteiger partial charge on any atom is 0.237 e. The van der Waals surface area contributed by atoms with Gasteiger partial charge < -0.3 is 15.5 Å². The topological polar surface area (TPSA) is 44.4 Å². The molecule has 2 N–H and O–H groups in total. The highest BCUT2D eigenvalue weighted by Crippen LogP contribution is 2.30. The Kier molecular flexibility index (Phi) is 4.85. The molecule has 1 amide bonds. The van der Waals surface area contributed by atoms with E-state index in [0.29, 0.717) is 6.04 Å². The molecule has 0 aliphatic carbocycles. The fraction of sp³-hybridized carbons (Fsp3) is 0.933. The second-order valence-corrected chi connectivity index (χ2v) is 6.72. The van der Waals surface area contributed by atoms with Crippen LogP contribution in [0.1, 0.15) is 46.5 Å². The van der Waals surface area contributed by atoms with Crippen LogP contribution in [0.4, 0.5) is 0 Å². The Morgan fingerprint density at radius 3 is 2.89 bits per heavy atom. The van der Waals surface area contributed by atoms with Crippen LogP contribution in [-0.2, 0) is 4.79 Å². The van der Waals surface area contributed by atoms with E-state index in [1.807, 2.05) is 0 Å². The molecule has 2 aliphatic heterocycles. The minimum Gasteiger partial charge on any atom is -0.351 e. The van der Waals surface area contributed by atoms with Gasteiger partial charge in [-0.3, -0.25) is 4.79 Å². The van der Waals surface area contributed by atoms with Gasteiger partial charge in [-0.15, -0.1) is 0 Å². The van der Waals surface area contributed by atoms with Crippen LogP contribution >= 0.6 is 0 Å². The van der Waals surface area contributed by atoms with Crippen LogP contribution in [-0.4, -0.2) is 49.1 Å². The van der Waals surface area contributed by atoms with Crippen LogP contribution in [0.15, 0.2) is 0 Å². The third-order valence-corrected chi connectivity index (χ3v) is 4.69. The Balaban J connectivity index is 1.89. The minimum atomic E-state index is -0.0294. The van der Waals surface area contributed by atoms with Crippen LogP contribution < -0.4 is 10.6 Å². The van der Waals surface area contributed by atoms with Crippen LogP contribution in [0, 0.1) is 5.41 Å². The van der Waals surface area contributed by atoms with Gasteiger partial charge in [0.2, 0.25) is 5.91 Å². The van der Waals surface area contributed by atoms with Crippen molar-refractivity contribution in [1.82, 2.24) is 15.5 Å². The summed E-state index contributed by atoms with van der Waals surface area (Å²) in [5, 5.41) is 6.66. The van der Waals surface area contributed by atoms with E-state index in [-0.39, 0.29) is 17.4 Å². The maximum atomic E-state index is 12.5. The molecule has 0 aromatic rings. The first-order valence-corrected chi connectivity index (χ1v) is 7.79. The number of likely N-dealkylation sites (tertiary alicyclic amines) is 1. The van der Waals surface area contributed by atoms with Crippen LogP contribution in [0.25, 0.3) is 0 Å². The molecule has 2 saturated heterocycles. The second kappa shape index (κ2) is 6.23. The average molecular weight is 267 g/mol. The van der Waals surface area contributed by atoms with Crippen molar-refractivity contribution >= 4 is 5.91 Å². The fourth-order valence-corrected chi connectivity index (χ4v) is 3.40. The highest BCUT2D eigenvalue weighted by molar-refractivity contribution is 5.83. The molecule has 2 heterocycles. The van der Waals surface area contributed by atoms with E-state index < -0.39 is 0 Å². The lowest BCUT2D eigenvalue weighted by Crippen LogP contribution is -2.59. The van der Waals surface area contributed by atoms with Crippen molar-refractivity contribution in [2.24, 2.45) is 5.41 Å². The summed E-state index contributed by atoms with van der Waals surface area (Å²) in [6.45, 7) is 10.8. The molecule has 19 heavy (non-hydrogen) atoms. The van der Waals surface area contributed by atoms with Crippen LogP contribution in [0.5, 0.6) is 0 Å². The van der Waals surface area contributed by atoms with Gasteiger partial charge >= 0.3 is 0 Å². The maximum absolute atomic E-state index is 12.5. The molecule has 4 heteroatoms. The van der Waals surface area contributed by atoms with Gasteiger partial charge in [-0.1, -0.05) is 20.8 Å². The van der Waals surface area contributed by atoms with E-state index >= 15 is 0 Å². The van der Waals surface area contributed by atoms with Gasteiger partial charge in [-0.05, 0) is 50.7 Å². The molecular formula is C15H29N3O. The first kappa shape index (κ1) is 14.8. The van der Waals surface area contributed by atoms with Crippen LogP contribution in [0.3, 0.4) is 0 Å². The van der Waals surface area contributed by atoms with Gasteiger partial charge in [0.25, 0.3) is 0 Å². The molecule has 2 rings (SSSR count). The number of carbonyl (C=O) groups excluding carboxylic acids is 1. The standard InChI is InChI=1S/C15H29N3O/c1-4-18-10-5-7-12(11-18)17-14(19)13-15(2,3)8-6-9-16-13/h12-13,16H,4-11H2,1-3H3,(H,17,19). The van der Waals surface area contributed by atoms with Gasteiger partial charge in [-0.25, -0.2) is 0 Å². The first-order valence-electron chi connectivity index (χ1n) is 7.79. The van der Waals surface area contributed by atoms with Gasteiger partial charge in [0.1, 0.15) is 0 Å². The lowest BCUT2D eigenvalue weighted by atomic mass is 9.77. The molecular weight excluding hydrogens is 238 g/mol. The molecule has 110 valence electrons. The number of hydrogen-bond donors (Lipinski definition) is 2. The highest BCUT2D eigenvalue weighted by Gasteiger charge is 2.37. The zero-order chi connectivity index (χ0) is 13.9. The molecule has 0 saturated carbocycles. The zero-order valence-electron chi connectivity index (χ0n) is 12.7. The van der Waals surface area contributed by atoms with Gasteiger partial charge in [0.15, 0.2) is 0 Å². The summed E-state index contributed by atoms with van der Waals surface area (Å²) < 4.78 is 0.